The molecule has 0 atom stereocenters. The maximum Gasteiger partial charge on any atom is 0.109 e. The maximum absolute atomic E-state index is 4.88. The molecule has 0 unspecified atom stereocenters. The number of pyridine rings is 1. The lowest BCUT2D eigenvalue weighted by Crippen LogP contribution is -1.93. The summed E-state index contributed by atoms with van der Waals surface area (Å²) in [5.41, 5.74) is 3.34. The second kappa shape index (κ2) is 3.41. The van der Waals surface area contributed by atoms with Crippen LogP contribution in [0.5, 0.6) is 0 Å². The Balaban J connectivity index is 3.40. The molecule has 0 saturated carbocycles. The normalized spacial score (nSPS) is 9.73. The zero-order valence-corrected chi connectivity index (χ0v) is 8.79. The van der Waals surface area contributed by atoms with E-state index in [0.29, 0.717) is 0 Å². The van der Waals surface area contributed by atoms with Crippen LogP contribution in [0.3, 0.4) is 0 Å². The first-order valence-electron chi connectivity index (χ1n) is 3.23. The highest BCUT2D eigenvalue weighted by molar-refractivity contribution is 9.10. The van der Waals surface area contributed by atoms with Crippen molar-refractivity contribution in [2.45, 2.75) is 13.8 Å². The van der Waals surface area contributed by atoms with Gasteiger partial charge < -0.3 is 0 Å². The average molecular weight is 230 g/mol. The molecule has 0 amide bonds. The van der Waals surface area contributed by atoms with E-state index in [1.165, 1.54) is 0 Å². The van der Waals surface area contributed by atoms with E-state index in [-0.39, 0.29) is 0 Å². The largest absolute Gasteiger partial charge is 0.249 e. The smallest absolute Gasteiger partial charge is 0.109 e. The summed E-state index contributed by atoms with van der Waals surface area (Å²) >= 11 is 8.22. The Kier molecular flexibility index (Phi) is 2.73. The summed E-state index contributed by atoms with van der Waals surface area (Å²) in [6.07, 6.45) is 1.81. The molecule has 0 saturated heterocycles. The molecule has 0 spiro atoms. The van der Waals surface area contributed by atoms with Crippen molar-refractivity contribution in [1.82, 2.24) is 4.98 Å². The van der Waals surface area contributed by atoms with Crippen molar-refractivity contribution < 1.29 is 0 Å². The van der Waals surface area contributed by atoms with Gasteiger partial charge in [-0.3, -0.25) is 0 Å². The molecule has 0 bridgehead atoms. The number of aromatic nitrogens is 1. The number of hydrogen-bond donors (Lipinski definition) is 0. The van der Waals surface area contributed by atoms with Crippen LogP contribution in [0, 0.1) is 13.8 Å². The van der Waals surface area contributed by atoms with Crippen molar-refractivity contribution >= 4 is 33.5 Å². The summed E-state index contributed by atoms with van der Waals surface area (Å²) in [6, 6.07) is 0. The third-order valence-corrected chi connectivity index (χ3v) is 2.66. The van der Waals surface area contributed by atoms with Gasteiger partial charge in [-0.05, 0) is 46.5 Å². The van der Waals surface area contributed by atoms with Gasteiger partial charge in [-0.2, -0.15) is 0 Å². The van der Waals surface area contributed by atoms with Gasteiger partial charge in [-0.1, -0.05) is 12.2 Å². The number of nitrogens with zero attached hydrogens (tertiary/aromatic N) is 1. The molecule has 58 valence electrons. The quantitative estimate of drug-likeness (QED) is 0.543. The molecule has 11 heavy (non-hydrogen) atoms. The predicted molar refractivity (Wildman–Crippen MR) is 54.2 cm³/mol. The third kappa shape index (κ3) is 1.65. The van der Waals surface area contributed by atoms with Crippen LogP contribution in [0.4, 0.5) is 0 Å². The van der Waals surface area contributed by atoms with Gasteiger partial charge >= 0.3 is 0 Å². The minimum Gasteiger partial charge on any atom is -0.249 e. The molecule has 0 aromatic carbocycles. The van der Waals surface area contributed by atoms with Crippen LogP contribution in [-0.4, -0.2) is 10.4 Å². The Morgan fingerprint density at radius 3 is 2.64 bits per heavy atom. The number of rotatable bonds is 1. The van der Waals surface area contributed by atoms with E-state index in [1.807, 2.05) is 20.0 Å². The maximum atomic E-state index is 4.88. The molecule has 1 heterocycles. The first-order valence-corrected chi connectivity index (χ1v) is 4.50. The second-order valence-corrected chi connectivity index (χ2v) is 3.38. The van der Waals surface area contributed by atoms with Crippen molar-refractivity contribution in [3.05, 3.63) is 27.5 Å². The Morgan fingerprint density at radius 1 is 1.55 bits per heavy atom. The molecule has 1 aromatic heterocycles. The molecular formula is C8H8BrNS. The van der Waals surface area contributed by atoms with Gasteiger partial charge in [0.05, 0.1) is 0 Å². The van der Waals surface area contributed by atoms with Gasteiger partial charge in [0.15, 0.2) is 0 Å². The first-order chi connectivity index (χ1) is 5.16. The van der Waals surface area contributed by atoms with E-state index < -0.39 is 0 Å². The van der Waals surface area contributed by atoms with Gasteiger partial charge in [0, 0.05) is 11.6 Å². The highest BCUT2D eigenvalue weighted by atomic mass is 79.9. The molecule has 0 aliphatic rings. The first kappa shape index (κ1) is 8.81. The minimum atomic E-state index is 0.874. The molecule has 0 N–H and O–H groups in total. The molecule has 1 nitrogen and oxygen atoms in total. The van der Waals surface area contributed by atoms with Crippen molar-refractivity contribution in [3.8, 4) is 0 Å². The summed E-state index contributed by atoms with van der Waals surface area (Å²) in [4.78, 5) is 4.14. The van der Waals surface area contributed by atoms with Crippen molar-refractivity contribution in [1.29, 1.82) is 0 Å². The highest BCUT2D eigenvalue weighted by Crippen LogP contribution is 2.18. The number of halogens is 1. The molecule has 0 fully saturated rings. The zero-order valence-electron chi connectivity index (χ0n) is 6.39. The fourth-order valence-electron chi connectivity index (χ4n) is 0.908. The number of aryl methyl sites for hydroxylation is 1. The van der Waals surface area contributed by atoms with Crippen LogP contribution in [-0.2, 0) is 0 Å². The summed E-state index contributed by atoms with van der Waals surface area (Å²) < 4.78 is 0.874. The Morgan fingerprint density at radius 2 is 2.18 bits per heavy atom. The molecule has 0 radical (unpaired) electrons. The van der Waals surface area contributed by atoms with Crippen molar-refractivity contribution in [2.75, 3.05) is 0 Å². The van der Waals surface area contributed by atoms with Crippen LogP contribution in [0.2, 0.25) is 0 Å². The van der Waals surface area contributed by atoms with E-state index in [9.17, 15) is 0 Å². The van der Waals surface area contributed by atoms with Crippen LogP contribution in [0.15, 0.2) is 10.8 Å². The topological polar surface area (TPSA) is 12.9 Å². The SMILES string of the molecule is Cc1cnc(Br)c(C)c1C=S. The van der Waals surface area contributed by atoms with Gasteiger partial charge in [-0.15, -0.1) is 0 Å². The second-order valence-electron chi connectivity index (χ2n) is 2.39. The number of thiocarbonyl (C=S) groups is 1. The van der Waals surface area contributed by atoms with Gasteiger partial charge in [0.25, 0.3) is 0 Å². The minimum absolute atomic E-state index is 0.874. The van der Waals surface area contributed by atoms with E-state index in [2.05, 4.69) is 20.9 Å². The lowest BCUT2D eigenvalue weighted by molar-refractivity contribution is 1.17. The van der Waals surface area contributed by atoms with Gasteiger partial charge in [0.2, 0.25) is 0 Å². The monoisotopic (exact) mass is 229 g/mol. The molecule has 1 rings (SSSR count). The van der Waals surface area contributed by atoms with E-state index in [0.717, 1.165) is 21.3 Å². The molecule has 3 heteroatoms. The van der Waals surface area contributed by atoms with E-state index >= 15 is 0 Å². The summed E-state index contributed by atoms with van der Waals surface area (Å²) in [6.45, 7) is 4.01. The standard InChI is InChI=1S/C8H8BrNS/c1-5-3-10-8(9)6(2)7(5)4-11/h3-4H,1-2H3. The summed E-state index contributed by atoms with van der Waals surface area (Å²) in [7, 11) is 0. The fourth-order valence-corrected chi connectivity index (χ4v) is 1.59. The highest BCUT2D eigenvalue weighted by Gasteiger charge is 2.02. The fraction of sp³-hybridized carbons (Fsp3) is 0.250. The van der Waals surface area contributed by atoms with Crippen LogP contribution in [0.25, 0.3) is 0 Å². The Hall–Kier alpha value is -0.280. The average Bonchev–Trinajstić information content (AvgIpc) is 1.99. The summed E-state index contributed by atoms with van der Waals surface area (Å²) in [5.74, 6) is 0. The number of hydrogen-bond acceptors (Lipinski definition) is 2. The summed E-state index contributed by atoms with van der Waals surface area (Å²) in [5, 5.41) is 1.69. The molecular weight excluding hydrogens is 222 g/mol. The third-order valence-electron chi connectivity index (χ3n) is 1.63. The Labute approximate surface area is 80.0 Å². The van der Waals surface area contributed by atoms with Crippen molar-refractivity contribution in [2.24, 2.45) is 0 Å². The zero-order chi connectivity index (χ0) is 8.43. The lowest BCUT2D eigenvalue weighted by Gasteiger charge is -2.04. The van der Waals surface area contributed by atoms with E-state index in [4.69, 9.17) is 12.2 Å². The van der Waals surface area contributed by atoms with Crippen LogP contribution in [0.1, 0.15) is 16.7 Å². The molecule has 0 aliphatic carbocycles. The van der Waals surface area contributed by atoms with E-state index in [1.54, 1.807) is 5.37 Å². The van der Waals surface area contributed by atoms with Gasteiger partial charge in [0.1, 0.15) is 4.60 Å². The van der Waals surface area contributed by atoms with Crippen LogP contribution < -0.4 is 0 Å². The Bertz CT molecular complexity index is 296. The lowest BCUT2D eigenvalue weighted by atomic mass is 10.1. The van der Waals surface area contributed by atoms with Crippen molar-refractivity contribution in [3.63, 3.8) is 0 Å². The van der Waals surface area contributed by atoms with Crippen LogP contribution >= 0.6 is 28.1 Å². The molecule has 0 aliphatic heterocycles. The van der Waals surface area contributed by atoms with Gasteiger partial charge in [-0.25, -0.2) is 4.98 Å². The molecule has 1 aromatic rings. The predicted octanol–water partition coefficient (Wildman–Crippen LogP) is 2.81.